The summed E-state index contributed by atoms with van der Waals surface area (Å²) in [5.41, 5.74) is 2.31. The minimum absolute atomic E-state index is 0.0979. The standard InChI is InChI=1S/C22H30N2O4/c1-23(2)14-18-15-24(13-17-8-6-7-9-19(17)28-18)12-16-10-20(25-3)22(27-5)21(11-16)26-4/h6-11,18H,12-15H2,1-5H3. The SMILES string of the molecule is COc1cc(CN2Cc3ccccc3OC(CN(C)C)C2)cc(OC)c1OC. The Hall–Kier alpha value is -2.44. The lowest BCUT2D eigenvalue weighted by Gasteiger charge is -2.26. The molecule has 6 nitrogen and oxygen atoms in total. The minimum Gasteiger partial charge on any atom is -0.493 e. The summed E-state index contributed by atoms with van der Waals surface area (Å²) in [7, 11) is 9.05. The average Bonchev–Trinajstić information content (AvgIpc) is 2.84. The highest BCUT2D eigenvalue weighted by molar-refractivity contribution is 5.53. The number of methoxy groups -OCH3 is 3. The highest BCUT2D eigenvalue weighted by atomic mass is 16.5. The molecule has 1 atom stereocenters. The number of para-hydroxylation sites is 1. The monoisotopic (exact) mass is 386 g/mol. The van der Waals surface area contributed by atoms with Crippen LogP contribution in [0.5, 0.6) is 23.0 Å². The number of hydrogen-bond acceptors (Lipinski definition) is 6. The van der Waals surface area contributed by atoms with E-state index in [2.05, 4.69) is 42.1 Å². The van der Waals surface area contributed by atoms with Gasteiger partial charge < -0.3 is 23.8 Å². The van der Waals surface area contributed by atoms with Crippen LogP contribution in [0.25, 0.3) is 0 Å². The van der Waals surface area contributed by atoms with Gasteiger partial charge in [-0.1, -0.05) is 18.2 Å². The quantitative estimate of drug-likeness (QED) is 0.729. The smallest absolute Gasteiger partial charge is 0.203 e. The predicted octanol–water partition coefficient (Wildman–Crippen LogP) is 3.04. The fourth-order valence-corrected chi connectivity index (χ4v) is 3.67. The fraction of sp³-hybridized carbons (Fsp3) is 0.455. The molecule has 1 aliphatic heterocycles. The second kappa shape index (κ2) is 9.17. The van der Waals surface area contributed by atoms with Gasteiger partial charge in [0.15, 0.2) is 11.5 Å². The maximum atomic E-state index is 6.31. The second-order valence-electron chi connectivity index (χ2n) is 7.31. The van der Waals surface area contributed by atoms with Gasteiger partial charge in [-0.15, -0.1) is 0 Å². The van der Waals surface area contributed by atoms with E-state index in [0.717, 1.165) is 37.5 Å². The van der Waals surface area contributed by atoms with Crippen molar-refractivity contribution >= 4 is 0 Å². The van der Waals surface area contributed by atoms with Gasteiger partial charge in [-0.2, -0.15) is 0 Å². The molecular formula is C22H30N2O4. The van der Waals surface area contributed by atoms with Crippen LogP contribution in [0.1, 0.15) is 11.1 Å². The van der Waals surface area contributed by atoms with Crippen LogP contribution >= 0.6 is 0 Å². The van der Waals surface area contributed by atoms with Crippen molar-refractivity contribution in [1.29, 1.82) is 0 Å². The molecule has 1 heterocycles. The third-order valence-corrected chi connectivity index (χ3v) is 4.82. The molecular weight excluding hydrogens is 356 g/mol. The van der Waals surface area contributed by atoms with Gasteiger partial charge in [0.25, 0.3) is 0 Å². The van der Waals surface area contributed by atoms with E-state index in [1.807, 2.05) is 18.2 Å². The van der Waals surface area contributed by atoms with E-state index in [1.54, 1.807) is 21.3 Å². The molecule has 0 saturated heterocycles. The molecule has 0 fully saturated rings. The summed E-state index contributed by atoms with van der Waals surface area (Å²) in [6.07, 6.45) is 0.0979. The van der Waals surface area contributed by atoms with Crippen LogP contribution in [0, 0.1) is 0 Å². The van der Waals surface area contributed by atoms with E-state index < -0.39 is 0 Å². The van der Waals surface area contributed by atoms with Crippen molar-refractivity contribution in [1.82, 2.24) is 9.80 Å². The van der Waals surface area contributed by atoms with Crippen molar-refractivity contribution in [3.8, 4) is 23.0 Å². The summed E-state index contributed by atoms with van der Waals surface area (Å²) >= 11 is 0. The highest BCUT2D eigenvalue weighted by Gasteiger charge is 2.24. The Bertz CT molecular complexity index is 769. The Balaban J connectivity index is 1.88. The lowest BCUT2D eigenvalue weighted by atomic mass is 10.1. The van der Waals surface area contributed by atoms with Gasteiger partial charge in [0, 0.05) is 31.7 Å². The van der Waals surface area contributed by atoms with Gasteiger partial charge in [-0.05, 0) is 37.9 Å². The van der Waals surface area contributed by atoms with Gasteiger partial charge in [-0.3, -0.25) is 4.90 Å². The van der Waals surface area contributed by atoms with Crippen LogP contribution in [0.2, 0.25) is 0 Å². The number of fused-ring (bicyclic) bond motifs is 1. The van der Waals surface area contributed by atoms with Gasteiger partial charge in [-0.25, -0.2) is 0 Å². The fourth-order valence-electron chi connectivity index (χ4n) is 3.67. The summed E-state index contributed by atoms with van der Waals surface area (Å²) in [6.45, 7) is 3.29. The van der Waals surface area contributed by atoms with Crippen LogP contribution in [0.3, 0.4) is 0 Å². The predicted molar refractivity (Wildman–Crippen MR) is 110 cm³/mol. The number of rotatable bonds is 7. The lowest BCUT2D eigenvalue weighted by Crippen LogP contribution is -2.39. The number of nitrogens with zero attached hydrogens (tertiary/aromatic N) is 2. The first-order chi connectivity index (χ1) is 13.5. The largest absolute Gasteiger partial charge is 0.493 e. The zero-order valence-corrected chi connectivity index (χ0v) is 17.4. The van der Waals surface area contributed by atoms with E-state index >= 15 is 0 Å². The topological polar surface area (TPSA) is 43.4 Å². The van der Waals surface area contributed by atoms with E-state index in [4.69, 9.17) is 18.9 Å². The molecule has 0 aliphatic carbocycles. The lowest BCUT2D eigenvalue weighted by molar-refractivity contribution is 0.116. The summed E-state index contributed by atoms with van der Waals surface area (Å²) in [6, 6.07) is 12.3. The van der Waals surface area contributed by atoms with Gasteiger partial charge in [0.05, 0.1) is 21.3 Å². The molecule has 6 heteroatoms. The van der Waals surface area contributed by atoms with Gasteiger partial charge in [0.2, 0.25) is 5.75 Å². The first-order valence-corrected chi connectivity index (χ1v) is 9.44. The van der Waals surface area contributed by atoms with Crippen molar-refractivity contribution in [3.05, 3.63) is 47.5 Å². The Morgan fingerprint density at radius 3 is 2.32 bits per heavy atom. The molecule has 0 amide bonds. The van der Waals surface area contributed by atoms with Crippen molar-refractivity contribution in [3.63, 3.8) is 0 Å². The highest BCUT2D eigenvalue weighted by Crippen LogP contribution is 2.38. The second-order valence-corrected chi connectivity index (χ2v) is 7.31. The van der Waals surface area contributed by atoms with Crippen LogP contribution in [-0.4, -0.2) is 64.4 Å². The van der Waals surface area contributed by atoms with E-state index in [9.17, 15) is 0 Å². The maximum Gasteiger partial charge on any atom is 0.203 e. The van der Waals surface area contributed by atoms with Crippen LogP contribution in [0.15, 0.2) is 36.4 Å². The van der Waals surface area contributed by atoms with E-state index in [-0.39, 0.29) is 6.10 Å². The first kappa shape index (κ1) is 20.3. The summed E-state index contributed by atoms with van der Waals surface area (Å²) in [5, 5.41) is 0. The van der Waals surface area contributed by atoms with Crippen LogP contribution < -0.4 is 18.9 Å². The first-order valence-electron chi connectivity index (χ1n) is 9.44. The molecule has 0 saturated carbocycles. The normalized spacial score (nSPS) is 16.9. The molecule has 2 aromatic rings. The zero-order valence-electron chi connectivity index (χ0n) is 17.4. The van der Waals surface area contributed by atoms with Crippen molar-refractivity contribution < 1.29 is 18.9 Å². The molecule has 0 radical (unpaired) electrons. The van der Waals surface area contributed by atoms with Crippen molar-refractivity contribution in [2.75, 3.05) is 48.5 Å². The third-order valence-electron chi connectivity index (χ3n) is 4.82. The van der Waals surface area contributed by atoms with E-state index in [1.165, 1.54) is 5.56 Å². The summed E-state index contributed by atoms with van der Waals surface area (Å²) in [4.78, 5) is 4.57. The van der Waals surface area contributed by atoms with Gasteiger partial charge in [0.1, 0.15) is 11.9 Å². The third kappa shape index (κ3) is 4.69. The molecule has 0 N–H and O–H groups in total. The zero-order chi connectivity index (χ0) is 20.1. The molecule has 3 rings (SSSR count). The molecule has 1 aliphatic rings. The molecule has 28 heavy (non-hydrogen) atoms. The minimum atomic E-state index is 0.0979. The van der Waals surface area contributed by atoms with Crippen LogP contribution in [0.4, 0.5) is 0 Å². The average molecular weight is 386 g/mol. The molecule has 0 aromatic heterocycles. The Morgan fingerprint density at radius 2 is 1.71 bits per heavy atom. The molecule has 0 spiro atoms. The Labute approximate surface area is 167 Å². The molecule has 2 aromatic carbocycles. The van der Waals surface area contributed by atoms with Crippen molar-refractivity contribution in [2.24, 2.45) is 0 Å². The molecule has 0 bridgehead atoms. The Morgan fingerprint density at radius 1 is 1.04 bits per heavy atom. The number of hydrogen-bond donors (Lipinski definition) is 0. The van der Waals surface area contributed by atoms with Gasteiger partial charge >= 0.3 is 0 Å². The molecule has 152 valence electrons. The Kier molecular flexibility index (Phi) is 6.65. The number of benzene rings is 2. The van der Waals surface area contributed by atoms with Crippen LogP contribution in [-0.2, 0) is 13.1 Å². The maximum absolute atomic E-state index is 6.31. The number of likely N-dealkylation sites (N-methyl/N-ethyl adjacent to an activating group) is 1. The summed E-state index contributed by atoms with van der Waals surface area (Å²) in [5.74, 6) is 2.94. The summed E-state index contributed by atoms with van der Waals surface area (Å²) < 4.78 is 22.8. The van der Waals surface area contributed by atoms with Crippen molar-refractivity contribution in [2.45, 2.75) is 19.2 Å². The van der Waals surface area contributed by atoms with E-state index in [0.29, 0.717) is 17.2 Å². The number of ether oxygens (including phenoxy) is 4. The molecule has 1 unspecified atom stereocenters.